The number of terminal acetylenes is 1. The molecule has 0 saturated carbocycles. The van der Waals surface area contributed by atoms with Crippen molar-refractivity contribution in [1.82, 2.24) is 0 Å². The lowest BCUT2D eigenvalue weighted by Crippen LogP contribution is -1.91. The lowest BCUT2D eigenvalue weighted by atomic mass is 10.2. The third-order valence-corrected chi connectivity index (χ3v) is 1.74. The molecule has 0 aromatic heterocycles. The molecule has 0 atom stereocenters. The van der Waals surface area contributed by atoms with Crippen LogP contribution in [0.4, 0.5) is 0 Å². The van der Waals surface area contributed by atoms with E-state index in [9.17, 15) is 4.79 Å². The van der Waals surface area contributed by atoms with Crippen molar-refractivity contribution in [2.75, 3.05) is 6.54 Å². The first kappa shape index (κ1) is 13.0. The van der Waals surface area contributed by atoms with Crippen molar-refractivity contribution in [2.45, 2.75) is 0 Å². The molecule has 0 radical (unpaired) electrons. The topological polar surface area (TPSA) is 43.1 Å². The summed E-state index contributed by atoms with van der Waals surface area (Å²) < 4.78 is 0. The van der Waals surface area contributed by atoms with E-state index in [1.54, 1.807) is 24.3 Å². The highest BCUT2D eigenvalue weighted by Gasteiger charge is 2.03. The van der Waals surface area contributed by atoms with Gasteiger partial charge in [0.15, 0.2) is 0 Å². The first-order chi connectivity index (χ1) is 6.63. The molecule has 0 amide bonds. The second kappa shape index (κ2) is 7.40. The average Bonchev–Trinajstić information content (AvgIpc) is 2.18. The molecule has 0 spiro atoms. The molecular formula is C10H9Cl2NO. The SMILES string of the molecule is C#CCN.O=C(Cl)c1ccccc1Cl. The van der Waals surface area contributed by atoms with Gasteiger partial charge in [-0.25, -0.2) is 0 Å². The predicted molar refractivity (Wildman–Crippen MR) is 59.5 cm³/mol. The van der Waals surface area contributed by atoms with Gasteiger partial charge in [-0.1, -0.05) is 29.7 Å². The van der Waals surface area contributed by atoms with E-state index in [0.29, 0.717) is 17.1 Å². The summed E-state index contributed by atoms with van der Waals surface area (Å²) in [4.78, 5) is 10.5. The van der Waals surface area contributed by atoms with Gasteiger partial charge in [-0.15, -0.1) is 6.42 Å². The fraction of sp³-hybridized carbons (Fsp3) is 0.100. The van der Waals surface area contributed by atoms with Crippen molar-refractivity contribution < 1.29 is 4.79 Å². The third-order valence-electron chi connectivity index (χ3n) is 1.20. The number of benzene rings is 1. The number of halogens is 2. The number of rotatable bonds is 1. The van der Waals surface area contributed by atoms with Crippen molar-refractivity contribution in [2.24, 2.45) is 5.73 Å². The summed E-state index contributed by atoms with van der Waals surface area (Å²) in [5, 5.41) is -0.131. The molecule has 2 N–H and O–H groups in total. The van der Waals surface area contributed by atoms with E-state index in [0.717, 1.165) is 0 Å². The number of carbonyl (C=O) groups excluding carboxylic acids is 1. The lowest BCUT2D eigenvalue weighted by Gasteiger charge is -1.93. The Kier molecular flexibility index (Phi) is 6.87. The molecular weight excluding hydrogens is 221 g/mol. The molecule has 0 heterocycles. The monoisotopic (exact) mass is 229 g/mol. The first-order valence-electron chi connectivity index (χ1n) is 3.71. The standard InChI is InChI=1S/C7H4Cl2O.C3H5N/c8-6-4-2-1-3-5(6)7(9)10;1-2-3-4/h1-4H;1H,3-4H2. The molecule has 1 aromatic rings. The second-order valence-electron chi connectivity index (χ2n) is 2.16. The van der Waals surface area contributed by atoms with Gasteiger partial charge in [0.2, 0.25) is 0 Å². The number of hydrogen-bond donors (Lipinski definition) is 1. The summed E-state index contributed by atoms with van der Waals surface area (Å²) in [6.07, 6.45) is 4.65. The molecule has 0 aliphatic rings. The van der Waals surface area contributed by atoms with E-state index >= 15 is 0 Å². The van der Waals surface area contributed by atoms with Crippen LogP contribution in [0.5, 0.6) is 0 Å². The zero-order chi connectivity index (χ0) is 11.0. The third kappa shape index (κ3) is 4.88. The molecule has 0 saturated heterocycles. The summed E-state index contributed by atoms with van der Waals surface area (Å²) >= 11 is 10.8. The second-order valence-corrected chi connectivity index (χ2v) is 2.91. The minimum Gasteiger partial charge on any atom is -0.320 e. The molecule has 14 heavy (non-hydrogen) atoms. The van der Waals surface area contributed by atoms with E-state index in [2.05, 4.69) is 12.3 Å². The van der Waals surface area contributed by atoms with Crippen LogP contribution in [0.1, 0.15) is 10.4 Å². The van der Waals surface area contributed by atoms with Gasteiger partial charge in [0, 0.05) is 0 Å². The Bertz CT molecular complexity index is 344. The van der Waals surface area contributed by atoms with Crippen molar-refractivity contribution in [3.05, 3.63) is 34.9 Å². The Labute approximate surface area is 93.0 Å². The molecule has 0 aliphatic carbocycles. The molecule has 2 nitrogen and oxygen atoms in total. The normalized spacial score (nSPS) is 8.14. The van der Waals surface area contributed by atoms with Crippen LogP contribution in [0.3, 0.4) is 0 Å². The summed E-state index contributed by atoms with van der Waals surface area (Å²) in [6.45, 7) is 0.347. The van der Waals surface area contributed by atoms with Gasteiger partial charge in [-0.3, -0.25) is 4.79 Å². The highest BCUT2D eigenvalue weighted by molar-refractivity contribution is 6.68. The van der Waals surface area contributed by atoms with Crippen LogP contribution in [0.25, 0.3) is 0 Å². The number of nitrogens with two attached hydrogens (primary N) is 1. The molecule has 74 valence electrons. The van der Waals surface area contributed by atoms with Crippen LogP contribution in [0.15, 0.2) is 24.3 Å². The Morgan fingerprint density at radius 3 is 2.29 bits per heavy atom. The fourth-order valence-electron chi connectivity index (χ4n) is 0.621. The lowest BCUT2D eigenvalue weighted by molar-refractivity contribution is 0.108. The van der Waals surface area contributed by atoms with E-state index in [4.69, 9.17) is 28.9 Å². The smallest absolute Gasteiger partial charge is 0.253 e. The van der Waals surface area contributed by atoms with E-state index < -0.39 is 5.24 Å². The van der Waals surface area contributed by atoms with E-state index in [1.165, 1.54) is 0 Å². The maximum Gasteiger partial charge on any atom is 0.253 e. The highest BCUT2D eigenvalue weighted by atomic mass is 35.5. The van der Waals surface area contributed by atoms with Crippen LogP contribution in [-0.4, -0.2) is 11.8 Å². The predicted octanol–water partition coefficient (Wildman–Crippen LogP) is 2.30. The largest absolute Gasteiger partial charge is 0.320 e. The first-order valence-corrected chi connectivity index (χ1v) is 4.47. The van der Waals surface area contributed by atoms with E-state index in [-0.39, 0.29) is 0 Å². The summed E-state index contributed by atoms with van der Waals surface area (Å²) in [7, 11) is 0. The zero-order valence-corrected chi connectivity index (χ0v) is 8.85. The minimum atomic E-state index is -0.523. The zero-order valence-electron chi connectivity index (χ0n) is 7.34. The van der Waals surface area contributed by atoms with Crippen LogP contribution >= 0.6 is 23.2 Å². The molecule has 1 aromatic carbocycles. The molecule has 0 aliphatic heterocycles. The van der Waals surface area contributed by atoms with E-state index in [1.807, 2.05) is 0 Å². The van der Waals surface area contributed by atoms with Gasteiger partial charge in [0.05, 0.1) is 17.1 Å². The van der Waals surface area contributed by atoms with Crippen LogP contribution in [0.2, 0.25) is 5.02 Å². The van der Waals surface area contributed by atoms with Crippen LogP contribution in [-0.2, 0) is 0 Å². The fourth-order valence-corrected chi connectivity index (χ4v) is 1.06. The maximum atomic E-state index is 10.5. The van der Waals surface area contributed by atoms with Gasteiger partial charge < -0.3 is 5.73 Å². The molecule has 0 unspecified atom stereocenters. The summed E-state index contributed by atoms with van der Waals surface area (Å²) in [6, 6.07) is 6.65. The van der Waals surface area contributed by atoms with Crippen molar-refractivity contribution in [3.8, 4) is 12.3 Å². The maximum absolute atomic E-state index is 10.5. The minimum absolute atomic E-state index is 0.347. The van der Waals surface area contributed by atoms with Crippen molar-refractivity contribution in [1.29, 1.82) is 0 Å². The molecule has 1 rings (SSSR count). The molecule has 0 bridgehead atoms. The number of carbonyl (C=O) groups is 1. The van der Waals surface area contributed by atoms with Gasteiger partial charge in [0.25, 0.3) is 5.24 Å². The van der Waals surface area contributed by atoms with Gasteiger partial charge in [-0.2, -0.15) is 0 Å². The van der Waals surface area contributed by atoms with Crippen LogP contribution in [0, 0.1) is 12.3 Å². The molecule has 4 heteroatoms. The number of hydrogen-bond acceptors (Lipinski definition) is 2. The van der Waals surface area contributed by atoms with Crippen LogP contribution < -0.4 is 5.73 Å². The quantitative estimate of drug-likeness (QED) is 0.594. The Morgan fingerprint density at radius 1 is 1.50 bits per heavy atom. The average molecular weight is 230 g/mol. The molecule has 0 fully saturated rings. The Hall–Kier alpha value is -1.01. The van der Waals surface area contributed by atoms with Crippen molar-refractivity contribution >= 4 is 28.4 Å². The highest BCUT2D eigenvalue weighted by Crippen LogP contribution is 2.16. The van der Waals surface area contributed by atoms with Gasteiger partial charge in [-0.05, 0) is 23.7 Å². The van der Waals surface area contributed by atoms with Crippen molar-refractivity contribution in [3.63, 3.8) is 0 Å². The Balaban J connectivity index is 0.000000364. The summed E-state index contributed by atoms with van der Waals surface area (Å²) in [5.41, 5.74) is 5.14. The van der Waals surface area contributed by atoms with Gasteiger partial charge >= 0.3 is 0 Å². The van der Waals surface area contributed by atoms with Gasteiger partial charge in [0.1, 0.15) is 0 Å². The Morgan fingerprint density at radius 2 is 2.00 bits per heavy atom. The summed E-state index contributed by atoms with van der Waals surface area (Å²) in [5.74, 6) is 2.21.